The Bertz CT molecular complexity index is 1470. The molecule has 0 saturated heterocycles. The zero-order valence-electron chi connectivity index (χ0n) is 23.0. The number of aryl methyl sites for hydroxylation is 1. The van der Waals surface area contributed by atoms with Gasteiger partial charge in [0, 0.05) is 23.6 Å². The summed E-state index contributed by atoms with van der Waals surface area (Å²) in [4.78, 5) is 11.2. The van der Waals surface area contributed by atoms with Gasteiger partial charge < -0.3 is 18.4 Å². The molecule has 39 heavy (non-hydrogen) atoms. The molecule has 0 aliphatic rings. The second-order valence-corrected chi connectivity index (χ2v) is 16.2. The highest BCUT2D eigenvalue weighted by molar-refractivity contribution is 7.93. The van der Waals surface area contributed by atoms with E-state index in [1.807, 2.05) is 0 Å². The lowest BCUT2D eigenvalue weighted by Gasteiger charge is -2.24. The van der Waals surface area contributed by atoms with Crippen molar-refractivity contribution in [2.75, 3.05) is 24.2 Å². The fourth-order valence-electron chi connectivity index (χ4n) is 3.65. The van der Waals surface area contributed by atoms with Crippen LogP contribution in [0.1, 0.15) is 29.3 Å². The zero-order chi connectivity index (χ0) is 28.8. The molecule has 3 rings (SSSR count). The topological polar surface area (TPSA) is 132 Å². The van der Waals surface area contributed by atoms with Gasteiger partial charge in [0.1, 0.15) is 13.3 Å². The molecule has 10 nitrogen and oxygen atoms in total. The second kappa shape index (κ2) is 12.6. The molecule has 0 N–H and O–H groups in total. The van der Waals surface area contributed by atoms with E-state index in [4.69, 9.17) is 18.4 Å². The minimum atomic E-state index is -4.25. The van der Waals surface area contributed by atoms with E-state index in [0.29, 0.717) is 34.6 Å². The Hall–Kier alpha value is -3.50. The molecule has 0 amide bonds. The van der Waals surface area contributed by atoms with Crippen molar-refractivity contribution in [2.24, 2.45) is 0 Å². The number of aromatic nitrogens is 1. The van der Waals surface area contributed by atoms with E-state index in [-0.39, 0.29) is 36.3 Å². The minimum Gasteiger partial charge on any atom is -0.461 e. The first-order valence-electron chi connectivity index (χ1n) is 12.3. The molecule has 2 aromatic carbocycles. The van der Waals surface area contributed by atoms with Crippen LogP contribution in [0.4, 0.5) is 5.88 Å². The fraction of sp³-hybridized carbons (Fsp3) is 0.370. The first kappa shape index (κ1) is 30.0. The lowest BCUT2D eigenvalue weighted by molar-refractivity contribution is -0.142. The minimum absolute atomic E-state index is 0.000887. The van der Waals surface area contributed by atoms with E-state index < -0.39 is 24.3 Å². The molecule has 0 radical (unpaired) electrons. The van der Waals surface area contributed by atoms with Crippen LogP contribution in [0.2, 0.25) is 19.6 Å². The molecular formula is C27H33N3O7SSi. The van der Waals surface area contributed by atoms with E-state index >= 15 is 0 Å². The number of nitrogens with zero attached hydrogens (tertiary/aromatic N) is 3. The number of benzene rings is 2. The van der Waals surface area contributed by atoms with Crippen LogP contribution in [0.3, 0.4) is 0 Å². The predicted octanol–water partition coefficient (Wildman–Crippen LogP) is 4.91. The number of hydrogen-bond donors (Lipinski definition) is 0. The van der Waals surface area contributed by atoms with Crippen LogP contribution < -0.4 is 4.31 Å². The Morgan fingerprint density at radius 1 is 1.10 bits per heavy atom. The Balaban J connectivity index is 2.02. The van der Waals surface area contributed by atoms with Gasteiger partial charge >= 0.3 is 5.97 Å². The summed E-state index contributed by atoms with van der Waals surface area (Å²) in [5.74, 6) is -0.396. The van der Waals surface area contributed by atoms with Crippen LogP contribution in [-0.2, 0) is 35.3 Å². The highest BCUT2D eigenvalue weighted by Crippen LogP contribution is 2.35. The predicted molar refractivity (Wildman–Crippen MR) is 148 cm³/mol. The molecule has 0 fully saturated rings. The standard InChI is InChI=1S/C27H33N3O7SSi/c1-19-20(2)29-37-27(19)30(18-34-13-14-36-39(4,5)6)38(32,33)26-10-8-7-9-25(26)24-12-11-22(15-23(24)16-28)17-35-21(3)31/h7-12,15H,13-14,17-18H2,1-6H3. The third-order valence-corrected chi connectivity index (χ3v) is 8.56. The maximum atomic E-state index is 14.1. The van der Waals surface area contributed by atoms with Gasteiger partial charge in [0.05, 0.1) is 35.4 Å². The summed E-state index contributed by atoms with van der Waals surface area (Å²) < 4.78 is 51.3. The Kier molecular flexibility index (Phi) is 9.68. The van der Waals surface area contributed by atoms with Crippen molar-refractivity contribution in [2.45, 2.75) is 51.9 Å². The van der Waals surface area contributed by atoms with Gasteiger partial charge in [0.25, 0.3) is 10.0 Å². The Morgan fingerprint density at radius 2 is 1.82 bits per heavy atom. The van der Waals surface area contributed by atoms with Gasteiger partial charge in [-0.1, -0.05) is 35.5 Å². The molecule has 1 heterocycles. The van der Waals surface area contributed by atoms with E-state index in [1.54, 1.807) is 50.2 Å². The number of hydrogen-bond acceptors (Lipinski definition) is 9. The van der Waals surface area contributed by atoms with Crippen LogP contribution in [0, 0.1) is 25.2 Å². The number of sulfonamides is 1. The average Bonchev–Trinajstić information content (AvgIpc) is 3.21. The lowest BCUT2D eigenvalue weighted by atomic mass is 9.98. The number of rotatable bonds is 12. The Labute approximate surface area is 230 Å². The summed E-state index contributed by atoms with van der Waals surface area (Å²) in [7, 11) is -6.00. The monoisotopic (exact) mass is 571 g/mol. The smallest absolute Gasteiger partial charge is 0.302 e. The van der Waals surface area contributed by atoms with Gasteiger partial charge in [-0.25, -0.2) is 12.7 Å². The third-order valence-electron chi connectivity index (χ3n) is 5.72. The number of esters is 1. The van der Waals surface area contributed by atoms with Gasteiger partial charge in [-0.2, -0.15) is 5.26 Å². The molecule has 0 unspecified atom stereocenters. The molecule has 12 heteroatoms. The van der Waals surface area contributed by atoms with E-state index in [1.165, 1.54) is 13.0 Å². The van der Waals surface area contributed by atoms with E-state index in [9.17, 15) is 18.5 Å². The average molecular weight is 572 g/mol. The van der Waals surface area contributed by atoms with Crippen molar-refractivity contribution in [3.05, 3.63) is 64.8 Å². The molecule has 0 saturated carbocycles. The van der Waals surface area contributed by atoms with E-state index in [0.717, 1.165) is 4.31 Å². The van der Waals surface area contributed by atoms with Crippen LogP contribution >= 0.6 is 0 Å². The molecule has 0 atom stereocenters. The number of carbonyl (C=O) groups excluding carboxylic acids is 1. The first-order chi connectivity index (χ1) is 18.3. The molecular weight excluding hydrogens is 538 g/mol. The zero-order valence-corrected chi connectivity index (χ0v) is 24.8. The molecule has 1 aromatic heterocycles. The van der Waals surface area contributed by atoms with Crippen molar-refractivity contribution >= 4 is 30.2 Å². The summed E-state index contributed by atoms with van der Waals surface area (Å²) in [5.41, 5.74) is 2.70. The number of nitriles is 1. The van der Waals surface area contributed by atoms with Crippen molar-refractivity contribution in [3.8, 4) is 17.2 Å². The van der Waals surface area contributed by atoms with Gasteiger partial charge in [0.15, 0.2) is 8.32 Å². The molecule has 0 aliphatic carbocycles. The van der Waals surface area contributed by atoms with E-state index in [2.05, 4.69) is 30.9 Å². The molecule has 0 bridgehead atoms. The maximum absolute atomic E-state index is 14.1. The normalized spacial score (nSPS) is 11.7. The van der Waals surface area contributed by atoms with Crippen LogP contribution in [0.5, 0.6) is 0 Å². The fourth-order valence-corrected chi connectivity index (χ4v) is 5.90. The van der Waals surface area contributed by atoms with Crippen molar-refractivity contribution in [3.63, 3.8) is 0 Å². The van der Waals surface area contributed by atoms with Crippen LogP contribution in [0.25, 0.3) is 11.1 Å². The molecule has 208 valence electrons. The van der Waals surface area contributed by atoms with Gasteiger partial charge in [0.2, 0.25) is 5.88 Å². The summed E-state index contributed by atoms with van der Waals surface area (Å²) in [6.45, 7) is 11.1. The second-order valence-electron chi connectivity index (χ2n) is 9.82. The quantitative estimate of drug-likeness (QED) is 0.129. The van der Waals surface area contributed by atoms with Crippen LogP contribution in [0.15, 0.2) is 51.9 Å². The first-order valence-corrected chi connectivity index (χ1v) is 17.1. The summed E-state index contributed by atoms with van der Waals surface area (Å²) >= 11 is 0. The highest BCUT2D eigenvalue weighted by atomic mass is 32.2. The lowest BCUT2D eigenvalue weighted by Crippen LogP contribution is -2.35. The number of carbonyl (C=O) groups is 1. The number of anilines is 1. The summed E-state index contributed by atoms with van der Waals surface area (Å²) in [6.07, 6.45) is 0. The summed E-state index contributed by atoms with van der Waals surface area (Å²) in [5, 5.41) is 13.8. The molecule has 0 aliphatic heterocycles. The SMILES string of the molecule is CC(=O)OCc1ccc(-c2ccccc2S(=O)(=O)N(COCCO[Si](C)(C)C)c2onc(C)c2C)c(C#N)c1. The molecule has 0 spiro atoms. The van der Waals surface area contributed by atoms with Gasteiger partial charge in [-0.3, -0.25) is 4.79 Å². The van der Waals surface area contributed by atoms with Crippen molar-refractivity contribution in [1.82, 2.24) is 5.16 Å². The van der Waals surface area contributed by atoms with Crippen molar-refractivity contribution < 1.29 is 31.6 Å². The Morgan fingerprint density at radius 3 is 2.44 bits per heavy atom. The highest BCUT2D eigenvalue weighted by Gasteiger charge is 2.32. The maximum Gasteiger partial charge on any atom is 0.302 e. The third kappa shape index (κ3) is 7.54. The van der Waals surface area contributed by atoms with Gasteiger partial charge in [-0.05, 0) is 51.2 Å². The number of ether oxygens (including phenoxy) is 2. The molecule has 3 aromatic rings. The summed E-state index contributed by atoms with van der Waals surface area (Å²) in [6, 6.07) is 13.4. The van der Waals surface area contributed by atoms with Gasteiger partial charge in [-0.15, -0.1) is 0 Å². The van der Waals surface area contributed by atoms with Crippen molar-refractivity contribution in [1.29, 1.82) is 5.26 Å². The largest absolute Gasteiger partial charge is 0.461 e. The van der Waals surface area contributed by atoms with Crippen LogP contribution in [-0.4, -0.2) is 47.8 Å².